The third kappa shape index (κ3) is 1.70. The van der Waals surface area contributed by atoms with Gasteiger partial charge in [0, 0.05) is 0 Å². The zero-order chi connectivity index (χ0) is 7.56. The summed E-state index contributed by atoms with van der Waals surface area (Å²) in [6.45, 7) is 1.97. The SMILES string of the molecule is CC1CCCC(C(N)=O)O1. The quantitative estimate of drug-likeness (QED) is 0.578. The van der Waals surface area contributed by atoms with Crippen LogP contribution in [0.5, 0.6) is 0 Å². The Kier molecular flexibility index (Phi) is 2.27. The molecule has 3 heteroatoms. The van der Waals surface area contributed by atoms with E-state index >= 15 is 0 Å². The van der Waals surface area contributed by atoms with Crippen LogP contribution in [0, 0.1) is 0 Å². The first-order valence-electron chi connectivity index (χ1n) is 3.65. The van der Waals surface area contributed by atoms with E-state index in [1.165, 1.54) is 0 Å². The van der Waals surface area contributed by atoms with E-state index in [0.717, 1.165) is 19.3 Å². The van der Waals surface area contributed by atoms with E-state index in [4.69, 9.17) is 10.5 Å². The minimum atomic E-state index is -0.330. The first-order chi connectivity index (χ1) is 4.70. The molecule has 1 rings (SSSR count). The molecule has 1 amide bonds. The van der Waals surface area contributed by atoms with Gasteiger partial charge in [-0.25, -0.2) is 0 Å². The summed E-state index contributed by atoms with van der Waals surface area (Å²) < 4.78 is 5.27. The highest BCUT2D eigenvalue weighted by Gasteiger charge is 2.22. The Bertz CT molecular complexity index is 136. The molecule has 2 N–H and O–H groups in total. The fraction of sp³-hybridized carbons (Fsp3) is 0.857. The average Bonchev–Trinajstić information content (AvgIpc) is 1.88. The van der Waals surface area contributed by atoms with Crippen molar-refractivity contribution in [2.24, 2.45) is 5.73 Å². The molecule has 0 bridgehead atoms. The molecule has 1 heterocycles. The first kappa shape index (κ1) is 7.54. The standard InChI is InChI=1S/C7H13NO2/c1-5-3-2-4-6(10-5)7(8)9/h5-6H,2-4H2,1H3,(H2,8,9). The first-order valence-corrected chi connectivity index (χ1v) is 3.65. The minimum Gasteiger partial charge on any atom is -0.367 e. The van der Waals surface area contributed by atoms with E-state index in [1.807, 2.05) is 6.92 Å². The van der Waals surface area contributed by atoms with Crippen LogP contribution in [0.2, 0.25) is 0 Å². The predicted molar refractivity (Wildman–Crippen MR) is 37.4 cm³/mol. The van der Waals surface area contributed by atoms with Gasteiger partial charge in [-0.3, -0.25) is 4.79 Å². The fourth-order valence-electron chi connectivity index (χ4n) is 1.22. The number of hydrogen-bond acceptors (Lipinski definition) is 2. The Morgan fingerprint density at radius 2 is 2.30 bits per heavy atom. The van der Waals surface area contributed by atoms with Crippen molar-refractivity contribution in [3.63, 3.8) is 0 Å². The molecule has 0 aliphatic carbocycles. The van der Waals surface area contributed by atoms with E-state index in [1.54, 1.807) is 0 Å². The highest BCUT2D eigenvalue weighted by Crippen LogP contribution is 2.17. The van der Waals surface area contributed by atoms with E-state index in [0.29, 0.717) is 0 Å². The van der Waals surface area contributed by atoms with Gasteiger partial charge in [0.2, 0.25) is 5.91 Å². The van der Waals surface area contributed by atoms with Gasteiger partial charge in [-0.15, -0.1) is 0 Å². The van der Waals surface area contributed by atoms with Crippen LogP contribution in [0.1, 0.15) is 26.2 Å². The van der Waals surface area contributed by atoms with Crippen molar-refractivity contribution in [2.45, 2.75) is 38.4 Å². The number of carbonyl (C=O) groups is 1. The molecule has 0 saturated carbocycles. The molecule has 2 atom stereocenters. The lowest BCUT2D eigenvalue weighted by Gasteiger charge is -2.25. The van der Waals surface area contributed by atoms with Crippen LogP contribution >= 0.6 is 0 Å². The molecule has 0 aromatic rings. The Morgan fingerprint density at radius 3 is 2.70 bits per heavy atom. The van der Waals surface area contributed by atoms with Gasteiger partial charge >= 0.3 is 0 Å². The van der Waals surface area contributed by atoms with Gasteiger partial charge in [0.1, 0.15) is 6.10 Å². The van der Waals surface area contributed by atoms with Gasteiger partial charge in [0.05, 0.1) is 6.10 Å². The lowest BCUT2D eigenvalue weighted by Crippen LogP contribution is -2.36. The van der Waals surface area contributed by atoms with Crippen LogP contribution in [0.3, 0.4) is 0 Å². The molecule has 1 fully saturated rings. The summed E-state index contributed by atoms with van der Waals surface area (Å²) in [5, 5.41) is 0. The predicted octanol–water partition coefficient (Wildman–Crippen LogP) is 0.429. The smallest absolute Gasteiger partial charge is 0.246 e. The molecule has 2 unspecified atom stereocenters. The molecule has 1 aliphatic heterocycles. The summed E-state index contributed by atoms with van der Waals surface area (Å²) in [6, 6.07) is 0. The summed E-state index contributed by atoms with van der Waals surface area (Å²) >= 11 is 0. The normalized spacial score (nSPS) is 33.7. The van der Waals surface area contributed by atoms with E-state index in [2.05, 4.69) is 0 Å². The molecular weight excluding hydrogens is 130 g/mol. The zero-order valence-electron chi connectivity index (χ0n) is 6.17. The van der Waals surface area contributed by atoms with E-state index in [-0.39, 0.29) is 18.1 Å². The maximum absolute atomic E-state index is 10.6. The number of ether oxygens (including phenoxy) is 1. The van der Waals surface area contributed by atoms with Crippen molar-refractivity contribution in [1.82, 2.24) is 0 Å². The molecule has 0 radical (unpaired) electrons. The molecular formula is C7H13NO2. The van der Waals surface area contributed by atoms with Crippen LogP contribution < -0.4 is 5.73 Å². The van der Waals surface area contributed by atoms with Gasteiger partial charge in [0.15, 0.2) is 0 Å². The maximum atomic E-state index is 10.6. The Hall–Kier alpha value is -0.570. The summed E-state index contributed by atoms with van der Waals surface area (Å²) in [5.74, 6) is -0.327. The molecule has 10 heavy (non-hydrogen) atoms. The maximum Gasteiger partial charge on any atom is 0.246 e. The van der Waals surface area contributed by atoms with Crippen molar-refractivity contribution < 1.29 is 9.53 Å². The number of primary amides is 1. The van der Waals surface area contributed by atoms with Crippen LogP contribution in [0.25, 0.3) is 0 Å². The second-order valence-electron chi connectivity index (χ2n) is 2.77. The van der Waals surface area contributed by atoms with Gasteiger partial charge in [-0.1, -0.05) is 0 Å². The van der Waals surface area contributed by atoms with Crippen molar-refractivity contribution in [3.8, 4) is 0 Å². The fourth-order valence-corrected chi connectivity index (χ4v) is 1.22. The second-order valence-corrected chi connectivity index (χ2v) is 2.77. The molecule has 0 aromatic carbocycles. The second kappa shape index (κ2) is 3.01. The minimum absolute atomic E-state index is 0.200. The Balaban J connectivity index is 2.39. The van der Waals surface area contributed by atoms with Crippen LogP contribution in [0.15, 0.2) is 0 Å². The lowest BCUT2D eigenvalue weighted by molar-refractivity contribution is -0.137. The zero-order valence-corrected chi connectivity index (χ0v) is 6.17. The molecule has 0 spiro atoms. The van der Waals surface area contributed by atoms with Crippen LogP contribution in [-0.2, 0) is 9.53 Å². The molecule has 1 saturated heterocycles. The molecule has 3 nitrogen and oxygen atoms in total. The van der Waals surface area contributed by atoms with Crippen molar-refractivity contribution >= 4 is 5.91 Å². The summed E-state index contributed by atoms with van der Waals surface area (Å²) in [5.41, 5.74) is 5.07. The van der Waals surface area contributed by atoms with Gasteiger partial charge in [-0.05, 0) is 26.2 Å². The van der Waals surface area contributed by atoms with E-state index < -0.39 is 0 Å². The molecule has 58 valence electrons. The number of nitrogens with two attached hydrogens (primary N) is 1. The summed E-state index contributed by atoms with van der Waals surface area (Å²) in [6.07, 6.45) is 2.76. The number of carbonyl (C=O) groups excluding carboxylic acids is 1. The van der Waals surface area contributed by atoms with Crippen LogP contribution in [0.4, 0.5) is 0 Å². The third-order valence-corrected chi connectivity index (χ3v) is 1.79. The topological polar surface area (TPSA) is 52.3 Å². The summed E-state index contributed by atoms with van der Waals surface area (Å²) in [7, 11) is 0. The van der Waals surface area contributed by atoms with Gasteiger partial charge in [0.25, 0.3) is 0 Å². The highest BCUT2D eigenvalue weighted by molar-refractivity contribution is 5.78. The van der Waals surface area contributed by atoms with Crippen molar-refractivity contribution in [3.05, 3.63) is 0 Å². The van der Waals surface area contributed by atoms with Gasteiger partial charge < -0.3 is 10.5 Å². The van der Waals surface area contributed by atoms with E-state index in [9.17, 15) is 4.79 Å². The van der Waals surface area contributed by atoms with Crippen molar-refractivity contribution in [1.29, 1.82) is 0 Å². The third-order valence-electron chi connectivity index (χ3n) is 1.79. The number of hydrogen-bond donors (Lipinski definition) is 1. The lowest BCUT2D eigenvalue weighted by atomic mass is 10.0. The molecule has 1 aliphatic rings. The summed E-state index contributed by atoms with van der Waals surface area (Å²) in [4.78, 5) is 10.6. The average molecular weight is 143 g/mol. The van der Waals surface area contributed by atoms with Crippen molar-refractivity contribution in [2.75, 3.05) is 0 Å². The monoisotopic (exact) mass is 143 g/mol. The Morgan fingerprint density at radius 1 is 1.60 bits per heavy atom. The largest absolute Gasteiger partial charge is 0.367 e. The van der Waals surface area contributed by atoms with Gasteiger partial charge in [-0.2, -0.15) is 0 Å². The number of rotatable bonds is 1. The number of amides is 1. The highest BCUT2D eigenvalue weighted by atomic mass is 16.5. The Labute approximate surface area is 60.5 Å². The van der Waals surface area contributed by atoms with Crippen LogP contribution in [-0.4, -0.2) is 18.1 Å². The molecule has 0 aromatic heterocycles.